The number of carbonyl (C=O) groups excluding carboxylic acids is 3. The zero-order valence-corrected chi connectivity index (χ0v) is 33.2. The molecular weight excluding hydrogens is 807 g/mol. The number of hydrogen-bond donors (Lipinski definition) is 5. The van der Waals surface area contributed by atoms with Crippen molar-refractivity contribution in [3.05, 3.63) is 140 Å². The first kappa shape index (κ1) is 43.7. The molecular formula is C44H40F6N6O5. The summed E-state index contributed by atoms with van der Waals surface area (Å²) in [7, 11) is 0. The first-order chi connectivity index (χ1) is 28.6. The fourth-order valence-electron chi connectivity index (χ4n) is 6.58. The Morgan fingerprint density at radius 1 is 0.656 bits per heavy atom. The number of carbonyl (C=O) groups is 3. The van der Waals surface area contributed by atoms with E-state index in [0.717, 1.165) is 30.8 Å². The van der Waals surface area contributed by atoms with E-state index in [1.807, 2.05) is 4.90 Å². The van der Waals surface area contributed by atoms with Crippen molar-refractivity contribution in [3.8, 4) is 0 Å². The van der Waals surface area contributed by atoms with Crippen LogP contribution in [-0.4, -0.2) is 40.8 Å². The summed E-state index contributed by atoms with van der Waals surface area (Å²) in [6.07, 6.45) is -6.16. The van der Waals surface area contributed by atoms with E-state index < -0.39 is 63.2 Å². The van der Waals surface area contributed by atoms with Gasteiger partial charge in [0.25, 0.3) is 11.8 Å². The summed E-state index contributed by atoms with van der Waals surface area (Å²) in [6.45, 7) is 8.32. The summed E-state index contributed by atoms with van der Waals surface area (Å²) in [5, 5.41) is 7.39. The molecule has 318 valence electrons. The van der Waals surface area contributed by atoms with Gasteiger partial charge in [0.05, 0.1) is 22.5 Å². The molecule has 6 aromatic rings. The molecule has 0 saturated carbocycles. The lowest BCUT2D eigenvalue weighted by Crippen LogP contribution is -2.28. The number of rotatable bonds is 6. The minimum atomic E-state index is -4.80. The number of nitrogens with zero attached hydrogens (tertiary/aromatic N) is 1. The summed E-state index contributed by atoms with van der Waals surface area (Å²) in [5.74, 6) is -1.92. The Labute approximate surface area is 344 Å². The van der Waals surface area contributed by atoms with E-state index >= 15 is 0 Å². The molecule has 3 heterocycles. The van der Waals surface area contributed by atoms with Crippen LogP contribution in [0.25, 0.3) is 21.8 Å². The summed E-state index contributed by atoms with van der Waals surface area (Å²) < 4.78 is 81.9. The first-order valence-corrected chi connectivity index (χ1v) is 18.9. The van der Waals surface area contributed by atoms with E-state index in [9.17, 15) is 50.3 Å². The maximum Gasteiger partial charge on any atom is 0.418 e. The van der Waals surface area contributed by atoms with Gasteiger partial charge in [-0.25, -0.2) is 0 Å². The third-order valence-corrected chi connectivity index (χ3v) is 9.92. The number of alkyl halides is 6. The number of para-hydroxylation sites is 2. The average molecular weight is 847 g/mol. The predicted molar refractivity (Wildman–Crippen MR) is 222 cm³/mol. The summed E-state index contributed by atoms with van der Waals surface area (Å²) in [5.41, 5.74) is -4.07. The van der Waals surface area contributed by atoms with Crippen LogP contribution < -0.4 is 31.7 Å². The fourth-order valence-corrected chi connectivity index (χ4v) is 6.58. The molecule has 4 aromatic carbocycles. The molecule has 11 nitrogen and oxygen atoms in total. The maximum absolute atomic E-state index is 13.7. The Balaban J connectivity index is 0.000000204. The van der Waals surface area contributed by atoms with Crippen molar-refractivity contribution in [2.45, 2.75) is 46.5 Å². The van der Waals surface area contributed by atoms with Gasteiger partial charge < -0.3 is 30.8 Å². The largest absolute Gasteiger partial charge is 0.418 e. The monoisotopic (exact) mass is 846 g/mol. The van der Waals surface area contributed by atoms with E-state index in [1.54, 1.807) is 69.3 Å². The van der Waals surface area contributed by atoms with Crippen LogP contribution in [0.15, 0.2) is 107 Å². The van der Waals surface area contributed by atoms with E-state index in [-0.39, 0.29) is 27.9 Å². The minimum Gasteiger partial charge on any atom is -0.371 e. The lowest BCUT2D eigenvalue weighted by Gasteiger charge is -2.21. The second-order valence-electron chi connectivity index (χ2n) is 15.6. The topological polar surface area (TPSA) is 156 Å². The van der Waals surface area contributed by atoms with Crippen LogP contribution in [0, 0.1) is 11.3 Å². The van der Waals surface area contributed by atoms with Gasteiger partial charge in [0.1, 0.15) is 11.1 Å². The van der Waals surface area contributed by atoms with Crippen molar-refractivity contribution >= 4 is 62.3 Å². The summed E-state index contributed by atoms with van der Waals surface area (Å²) >= 11 is 0. The van der Waals surface area contributed by atoms with E-state index in [4.69, 9.17) is 0 Å². The van der Waals surface area contributed by atoms with Crippen LogP contribution in [0.3, 0.4) is 0 Å². The molecule has 3 amide bonds. The quantitative estimate of drug-likeness (QED) is 0.105. The second-order valence-corrected chi connectivity index (χ2v) is 15.6. The van der Waals surface area contributed by atoms with Gasteiger partial charge in [0.15, 0.2) is 0 Å². The van der Waals surface area contributed by atoms with Crippen LogP contribution in [0.1, 0.15) is 66.0 Å². The van der Waals surface area contributed by atoms with Gasteiger partial charge in [-0.3, -0.25) is 24.0 Å². The zero-order chi connectivity index (χ0) is 44.4. The second kappa shape index (κ2) is 17.0. The summed E-state index contributed by atoms with van der Waals surface area (Å²) in [4.78, 5) is 70.0. The number of pyridine rings is 2. The number of amides is 3. The Bertz CT molecular complexity index is 2770. The van der Waals surface area contributed by atoms with Gasteiger partial charge in [-0.15, -0.1) is 0 Å². The van der Waals surface area contributed by atoms with Crippen molar-refractivity contribution < 1.29 is 40.7 Å². The number of aromatic nitrogens is 2. The summed E-state index contributed by atoms with van der Waals surface area (Å²) in [6, 6.07) is 20.0. The number of benzene rings is 4. The van der Waals surface area contributed by atoms with Gasteiger partial charge in [-0.1, -0.05) is 52.0 Å². The van der Waals surface area contributed by atoms with Crippen molar-refractivity contribution in [1.82, 2.24) is 9.97 Å². The SMILES string of the molecule is CC(C)(C)C(=O)Nc1ccc(NC(=O)c2c[nH]c3ccccc3c2=O)c(C(F)(F)F)c1.CC1CCN(c2ccc(NC(=O)c3c[nH]c4ccccc4c3=O)c(C(F)(F)F)c2)C1. The Kier molecular flexibility index (Phi) is 12.2. The lowest BCUT2D eigenvalue weighted by atomic mass is 9.95. The molecule has 1 unspecified atom stereocenters. The normalized spacial score (nSPS) is 14.3. The van der Waals surface area contributed by atoms with E-state index in [2.05, 4.69) is 32.8 Å². The third-order valence-electron chi connectivity index (χ3n) is 9.92. The van der Waals surface area contributed by atoms with Crippen LogP contribution in [-0.2, 0) is 17.1 Å². The number of halogens is 6. The first-order valence-electron chi connectivity index (χ1n) is 18.9. The van der Waals surface area contributed by atoms with Gasteiger partial charge in [-0.2, -0.15) is 26.3 Å². The van der Waals surface area contributed by atoms with Crippen LogP contribution in [0.4, 0.5) is 49.1 Å². The van der Waals surface area contributed by atoms with E-state index in [1.165, 1.54) is 24.4 Å². The third kappa shape index (κ3) is 9.94. The van der Waals surface area contributed by atoms with Gasteiger partial charge in [-0.05, 0) is 73.0 Å². The van der Waals surface area contributed by atoms with Gasteiger partial charge in [0.2, 0.25) is 16.8 Å². The van der Waals surface area contributed by atoms with Crippen molar-refractivity contribution in [2.75, 3.05) is 33.9 Å². The Hall–Kier alpha value is -6.91. The number of aromatic amines is 2. The molecule has 1 atom stereocenters. The molecule has 1 fully saturated rings. The molecule has 1 aliphatic rings. The molecule has 1 aliphatic heterocycles. The highest BCUT2D eigenvalue weighted by Gasteiger charge is 2.36. The minimum absolute atomic E-state index is 0.0613. The van der Waals surface area contributed by atoms with Crippen LogP contribution in [0.5, 0.6) is 0 Å². The highest BCUT2D eigenvalue weighted by Crippen LogP contribution is 2.39. The van der Waals surface area contributed by atoms with Gasteiger partial charge in [0, 0.05) is 64.1 Å². The number of anilines is 4. The molecule has 0 bridgehead atoms. The smallest absolute Gasteiger partial charge is 0.371 e. The number of fused-ring (bicyclic) bond motifs is 2. The standard InChI is InChI=1S/C22H20F3N3O3.C22H20F3N3O2/c1-21(2,3)20(31)27-12-8-9-17(15(10-12)22(23,24)25)28-19(30)14-11-26-16-7-5-4-6-13(16)18(14)29;1-13-8-9-28(12-13)14-6-7-19(17(10-14)22(23,24)25)27-21(30)16-11-26-18-5-3-2-4-15(18)20(16)29/h4-11H,1-3H3,(H,26,29)(H,27,31)(H,28,30);2-7,10-11,13H,8-9,12H2,1H3,(H,26,29)(H,27,30). The highest BCUT2D eigenvalue weighted by atomic mass is 19.4. The number of hydrogen-bond acceptors (Lipinski definition) is 6. The number of H-pyrrole nitrogens is 2. The van der Waals surface area contributed by atoms with Gasteiger partial charge >= 0.3 is 12.4 Å². The number of nitrogens with one attached hydrogen (secondary N) is 5. The van der Waals surface area contributed by atoms with Crippen molar-refractivity contribution in [2.24, 2.45) is 11.3 Å². The lowest BCUT2D eigenvalue weighted by molar-refractivity contribution is -0.137. The fraction of sp³-hybridized carbons (Fsp3) is 0.250. The Morgan fingerprint density at radius 2 is 1.13 bits per heavy atom. The molecule has 0 radical (unpaired) electrons. The molecule has 7 rings (SSSR count). The van der Waals surface area contributed by atoms with E-state index in [0.29, 0.717) is 41.1 Å². The van der Waals surface area contributed by atoms with Crippen molar-refractivity contribution in [1.29, 1.82) is 0 Å². The van der Waals surface area contributed by atoms with Crippen LogP contribution in [0.2, 0.25) is 0 Å². The molecule has 1 saturated heterocycles. The molecule has 0 spiro atoms. The van der Waals surface area contributed by atoms with Crippen molar-refractivity contribution in [3.63, 3.8) is 0 Å². The Morgan fingerprint density at radius 3 is 1.59 bits per heavy atom. The van der Waals surface area contributed by atoms with Crippen LogP contribution >= 0.6 is 0 Å². The maximum atomic E-state index is 13.7. The molecule has 17 heteroatoms. The molecule has 0 aliphatic carbocycles. The average Bonchev–Trinajstić information content (AvgIpc) is 3.64. The molecule has 5 N–H and O–H groups in total. The molecule has 2 aromatic heterocycles. The zero-order valence-electron chi connectivity index (χ0n) is 33.2. The highest BCUT2D eigenvalue weighted by molar-refractivity contribution is 6.07. The predicted octanol–water partition coefficient (Wildman–Crippen LogP) is 9.43. The molecule has 61 heavy (non-hydrogen) atoms.